The molecule has 0 aliphatic carbocycles. The molecule has 7 heteroatoms. The molecular formula is C14H18N4O2S. The van der Waals surface area contributed by atoms with Crippen LogP contribution < -0.4 is 10.9 Å². The Morgan fingerprint density at radius 3 is 3.24 bits per heavy atom. The number of rotatable bonds is 4. The number of aryl methyl sites for hydroxylation is 1. The first-order valence-electron chi connectivity index (χ1n) is 7.06. The summed E-state index contributed by atoms with van der Waals surface area (Å²) in [5.74, 6) is 0.0704. The number of amides is 1. The predicted molar refractivity (Wildman–Crippen MR) is 82.5 cm³/mol. The van der Waals surface area contributed by atoms with Crippen LogP contribution in [0, 0.1) is 0 Å². The number of hydrogen-bond donors (Lipinski definition) is 1. The van der Waals surface area contributed by atoms with Gasteiger partial charge in [-0.1, -0.05) is 0 Å². The van der Waals surface area contributed by atoms with Gasteiger partial charge in [0.1, 0.15) is 4.83 Å². The lowest BCUT2D eigenvalue weighted by atomic mass is 10.2. The minimum absolute atomic E-state index is 0.0702. The highest BCUT2D eigenvalue weighted by Gasteiger charge is 2.22. The van der Waals surface area contributed by atoms with Gasteiger partial charge < -0.3 is 10.2 Å². The highest BCUT2D eigenvalue weighted by molar-refractivity contribution is 7.16. The second-order valence-corrected chi connectivity index (χ2v) is 6.18. The highest BCUT2D eigenvalue weighted by Crippen LogP contribution is 2.13. The van der Waals surface area contributed by atoms with Crippen molar-refractivity contribution in [2.75, 3.05) is 20.1 Å². The average molecular weight is 306 g/mol. The zero-order chi connectivity index (χ0) is 14.8. The van der Waals surface area contributed by atoms with Crippen LogP contribution in [0.1, 0.15) is 12.8 Å². The minimum Gasteiger partial charge on any atom is -0.341 e. The molecule has 0 saturated carbocycles. The Kier molecular flexibility index (Phi) is 4.03. The lowest BCUT2D eigenvalue weighted by molar-refractivity contribution is -0.131. The van der Waals surface area contributed by atoms with Crippen LogP contribution in [0.2, 0.25) is 0 Å². The summed E-state index contributed by atoms with van der Waals surface area (Å²) in [6, 6.07) is 2.05. The average Bonchev–Trinajstić information content (AvgIpc) is 3.16. The molecule has 2 aromatic heterocycles. The number of nitrogens with zero attached hydrogens (tertiary/aromatic N) is 3. The number of hydrogen-bond acceptors (Lipinski definition) is 5. The quantitative estimate of drug-likeness (QED) is 0.901. The standard InChI is InChI=1S/C14H18N4O2S/c1-17(10-2-5-15-8-10)12(19)3-6-18-9-16-13-11(14(18)20)4-7-21-13/h4,7,9-10,15H,2-3,5-6,8H2,1H3. The van der Waals surface area contributed by atoms with Gasteiger partial charge in [0.05, 0.1) is 11.7 Å². The molecule has 1 aliphatic heterocycles. The van der Waals surface area contributed by atoms with Gasteiger partial charge in [-0.15, -0.1) is 11.3 Å². The van der Waals surface area contributed by atoms with Gasteiger partial charge in [0.2, 0.25) is 5.91 Å². The third kappa shape index (κ3) is 2.84. The Bertz CT molecular complexity index is 702. The fourth-order valence-corrected chi connectivity index (χ4v) is 3.34. The fraction of sp³-hybridized carbons (Fsp3) is 0.500. The van der Waals surface area contributed by atoms with E-state index in [2.05, 4.69) is 10.3 Å². The maximum absolute atomic E-state index is 12.2. The highest BCUT2D eigenvalue weighted by atomic mass is 32.1. The third-order valence-electron chi connectivity index (χ3n) is 3.99. The molecule has 1 fully saturated rings. The van der Waals surface area contributed by atoms with E-state index in [1.54, 1.807) is 11.0 Å². The molecule has 0 bridgehead atoms. The van der Waals surface area contributed by atoms with E-state index >= 15 is 0 Å². The summed E-state index contributed by atoms with van der Waals surface area (Å²) in [6.07, 6.45) is 2.85. The number of likely N-dealkylation sites (N-methyl/N-ethyl adjacent to an activating group) is 1. The zero-order valence-corrected chi connectivity index (χ0v) is 12.7. The Morgan fingerprint density at radius 2 is 2.48 bits per heavy atom. The molecule has 1 atom stereocenters. The smallest absolute Gasteiger partial charge is 0.262 e. The molecule has 1 N–H and O–H groups in total. The summed E-state index contributed by atoms with van der Waals surface area (Å²) < 4.78 is 1.52. The van der Waals surface area contributed by atoms with Crippen LogP contribution >= 0.6 is 11.3 Å². The van der Waals surface area contributed by atoms with E-state index in [0.29, 0.717) is 18.4 Å². The summed E-state index contributed by atoms with van der Waals surface area (Å²) in [4.78, 5) is 31.2. The Morgan fingerprint density at radius 1 is 1.62 bits per heavy atom. The Balaban J connectivity index is 1.67. The van der Waals surface area contributed by atoms with Crippen molar-refractivity contribution in [3.8, 4) is 0 Å². The van der Waals surface area contributed by atoms with Crippen molar-refractivity contribution >= 4 is 27.5 Å². The topological polar surface area (TPSA) is 67.2 Å². The number of carbonyl (C=O) groups excluding carboxylic acids is 1. The molecular weight excluding hydrogens is 288 g/mol. The minimum atomic E-state index is -0.0702. The van der Waals surface area contributed by atoms with Crippen molar-refractivity contribution in [1.82, 2.24) is 19.8 Å². The van der Waals surface area contributed by atoms with Crippen LogP contribution in [-0.2, 0) is 11.3 Å². The van der Waals surface area contributed by atoms with Crippen molar-refractivity contribution in [1.29, 1.82) is 0 Å². The van der Waals surface area contributed by atoms with E-state index in [1.807, 2.05) is 12.4 Å². The molecule has 1 saturated heterocycles. The van der Waals surface area contributed by atoms with E-state index in [-0.39, 0.29) is 17.5 Å². The number of thiophene rings is 1. The molecule has 3 rings (SSSR count). The van der Waals surface area contributed by atoms with Gasteiger partial charge in [-0.3, -0.25) is 14.2 Å². The zero-order valence-electron chi connectivity index (χ0n) is 11.9. The Labute approximate surface area is 126 Å². The fourth-order valence-electron chi connectivity index (χ4n) is 2.62. The van der Waals surface area contributed by atoms with Gasteiger partial charge in [0.15, 0.2) is 0 Å². The molecule has 1 amide bonds. The first-order chi connectivity index (χ1) is 10.2. The first-order valence-corrected chi connectivity index (χ1v) is 7.94. The molecule has 21 heavy (non-hydrogen) atoms. The van der Waals surface area contributed by atoms with Crippen molar-refractivity contribution in [2.45, 2.75) is 25.4 Å². The molecule has 0 aromatic carbocycles. The lowest BCUT2D eigenvalue weighted by Crippen LogP contribution is -2.39. The molecule has 6 nitrogen and oxygen atoms in total. The van der Waals surface area contributed by atoms with Crippen molar-refractivity contribution < 1.29 is 4.79 Å². The predicted octanol–water partition coefficient (Wildman–Crippen LogP) is 0.668. The van der Waals surface area contributed by atoms with Crippen molar-refractivity contribution in [3.05, 3.63) is 28.1 Å². The molecule has 1 unspecified atom stereocenters. The van der Waals surface area contributed by atoms with Crippen LogP contribution in [0.4, 0.5) is 0 Å². The first kappa shape index (κ1) is 14.2. The Hall–Kier alpha value is -1.73. The van der Waals surface area contributed by atoms with E-state index in [1.165, 1.54) is 22.2 Å². The summed E-state index contributed by atoms with van der Waals surface area (Å²) >= 11 is 1.45. The summed E-state index contributed by atoms with van der Waals surface area (Å²) in [5.41, 5.74) is -0.0702. The molecule has 2 aromatic rings. The van der Waals surface area contributed by atoms with Crippen LogP contribution in [-0.4, -0.2) is 46.5 Å². The summed E-state index contributed by atoms with van der Waals surface area (Å²) in [6.45, 7) is 2.19. The van der Waals surface area contributed by atoms with E-state index < -0.39 is 0 Å². The number of nitrogens with one attached hydrogen (secondary N) is 1. The maximum atomic E-state index is 12.2. The SMILES string of the molecule is CN(C(=O)CCn1cnc2sccc2c1=O)C1CCNC1. The van der Waals surface area contributed by atoms with Crippen LogP contribution in [0.25, 0.3) is 10.2 Å². The van der Waals surface area contributed by atoms with Gasteiger partial charge in [0, 0.05) is 32.6 Å². The largest absolute Gasteiger partial charge is 0.341 e. The van der Waals surface area contributed by atoms with Crippen molar-refractivity contribution in [3.63, 3.8) is 0 Å². The van der Waals surface area contributed by atoms with E-state index in [4.69, 9.17) is 0 Å². The van der Waals surface area contributed by atoms with Crippen molar-refractivity contribution in [2.24, 2.45) is 0 Å². The molecule has 3 heterocycles. The van der Waals surface area contributed by atoms with Gasteiger partial charge in [-0.05, 0) is 24.4 Å². The maximum Gasteiger partial charge on any atom is 0.262 e. The van der Waals surface area contributed by atoms with Gasteiger partial charge >= 0.3 is 0 Å². The summed E-state index contributed by atoms with van der Waals surface area (Å²) in [7, 11) is 1.84. The molecule has 1 aliphatic rings. The van der Waals surface area contributed by atoms with E-state index in [0.717, 1.165) is 24.3 Å². The number of aromatic nitrogens is 2. The second-order valence-electron chi connectivity index (χ2n) is 5.28. The normalized spacial score (nSPS) is 18.2. The monoisotopic (exact) mass is 306 g/mol. The molecule has 112 valence electrons. The van der Waals surface area contributed by atoms with E-state index in [9.17, 15) is 9.59 Å². The number of fused-ring (bicyclic) bond motifs is 1. The molecule has 0 radical (unpaired) electrons. The second kappa shape index (κ2) is 5.95. The van der Waals surface area contributed by atoms with Gasteiger partial charge in [0.25, 0.3) is 5.56 Å². The van der Waals surface area contributed by atoms with Crippen LogP contribution in [0.5, 0.6) is 0 Å². The summed E-state index contributed by atoms with van der Waals surface area (Å²) in [5, 5.41) is 5.73. The lowest BCUT2D eigenvalue weighted by Gasteiger charge is -2.23. The molecule has 0 spiro atoms. The van der Waals surface area contributed by atoms with Gasteiger partial charge in [-0.25, -0.2) is 4.98 Å². The van der Waals surface area contributed by atoms with Crippen LogP contribution in [0.15, 0.2) is 22.6 Å². The third-order valence-corrected chi connectivity index (χ3v) is 4.81. The number of carbonyl (C=O) groups is 1. The van der Waals surface area contributed by atoms with Crippen LogP contribution in [0.3, 0.4) is 0 Å². The van der Waals surface area contributed by atoms with Gasteiger partial charge in [-0.2, -0.15) is 0 Å².